The molecule has 3 rings (SSSR count). The average Bonchev–Trinajstić information content (AvgIpc) is 2.96. The molecule has 1 saturated carbocycles. The minimum absolute atomic E-state index is 0.261. The van der Waals surface area contributed by atoms with Crippen molar-refractivity contribution >= 4 is 0 Å². The lowest BCUT2D eigenvalue weighted by molar-refractivity contribution is 0.278. The molecule has 2 N–H and O–H groups in total. The average molecular weight is 272 g/mol. The Bertz CT molecular complexity index is 429. The van der Waals surface area contributed by atoms with Crippen molar-refractivity contribution < 1.29 is 0 Å². The van der Waals surface area contributed by atoms with Gasteiger partial charge >= 0.3 is 0 Å². The highest BCUT2D eigenvalue weighted by Gasteiger charge is 2.35. The maximum Gasteiger partial charge on any atom is 0.0434 e. The van der Waals surface area contributed by atoms with E-state index >= 15 is 0 Å². The lowest BCUT2D eigenvalue weighted by Crippen LogP contribution is -2.44. The Labute approximate surface area is 123 Å². The molecule has 0 aromatic heterocycles. The third kappa shape index (κ3) is 3.07. The summed E-state index contributed by atoms with van der Waals surface area (Å²) >= 11 is 0. The van der Waals surface area contributed by atoms with Gasteiger partial charge in [0.1, 0.15) is 0 Å². The van der Waals surface area contributed by atoms with Gasteiger partial charge in [-0.25, -0.2) is 0 Å². The van der Waals surface area contributed by atoms with E-state index in [-0.39, 0.29) is 5.54 Å². The lowest BCUT2D eigenvalue weighted by atomic mass is 9.86. The number of rotatable bonds is 4. The van der Waals surface area contributed by atoms with Crippen LogP contribution < -0.4 is 10.6 Å². The molecule has 1 aliphatic carbocycles. The summed E-state index contributed by atoms with van der Waals surface area (Å²) in [6, 6.07) is 9.14. The number of aryl methyl sites for hydroxylation is 1. The second-order valence-corrected chi connectivity index (χ2v) is 6.73. The molecule has 1 aromatic carbocycles. The van der Waals surface area contributed by atoms with Crippen molar-refractivity contribution in [2.24, 2.45) is 5.92 Å². The van der Waals surface area contributed by atoms with Gasteiger partial charge in [-0.2, -0.15) is 0 Å². The molecule has 0 radical (unpaired) electrons. The molecule has 1 heterocycles. The van der Waals surface area contributed by atoms with E-state index in [0.29, 0.717) is 0 Å². The van der Waals surface area contributed by atoms with Gasteiger partial charge in [0.15, 0.2) is 0 Å². The molecule has 0 bridgehead atoms. The Morgan fingerprint density at radius 3 is 2.65 bits per heavy atom. The van der Waals surface area contributed by atoms with Gasteiger partial charge in [-0.05, 0) is 63.7 Å². The number of hydrogen-bond donors (Lipinski definition) is 2. The quantitative estimate of drug-likeness (QED) is 0.878. The third-order valence-electron chi connectivity index (χ3n) is 5.22. The van der Waals surface area contributed by atoms with E-state index in [1.165, 1.54) is 69.3 Å². The van der Waals surface area contributed by atoms with Gasteiger partial charge in [0, 0.05) is 5.54 Å². The number of hydrogen-bond acceptors (Lipinski definition) is 2. The summed E-state index contributed by atoms with van der Waals surface area (Å²) in [4.78, 5) is 0. The molecule has 20 heavy (non-hydrogen) atoms. The van der Waals surface area contributed by atoms with Gasteiger partial charge in [0.25, 0.3) is 0 Å². The van der Waals surface area contributed by atoms with Crippen LogP contribution in [0.1, 0.15) is 49.7 Å². The molecule has 110 valence electrons. The van der Waals surface area contributed by atoms with Crippen molar-refractivity contribution in [3.8, 4) is 0 Å². The summed E-state index contributed by atoms with van der Waals surface area (Å²) < 4.78 is 0. The van der Waals surface area contributed by atoms with Gasteiger partial charge < -0.3 is 10.6 Å². The minimum atomic E-state index is 0.261. The van der Waals surface area contributed by atoms with Crippen LogP contribution in [0.5, 0.6) is 0 Å². The van der Waals surface area contributed by atoms with Crippen LogP contribution in [-0.4, -0.2) is 19.6 Å². The molecule has 1 aliphatic heterocycles. The SMILES string of the molecule is Cc1cccc(C2(NCC3CCNCC3)CCCC2)c1. The van der Waals surface area contributed by atoms with E-state index in [2.05, 4.69) is 41.8 Å². The molecule has 0 amide bonds. The van der Waals surface area contributed by atoms with Gasteiger partial charge in [0.2, 0.25) is 0 Å². The number of nitrogens with one attached hydrogen (secondary N) is 2. The van der Waals surface area contributed by atoms with Crippen LogP contribution in [0.2, 0.25) is 0 Å². The first kappa shape index (κ1) is 14.1. The summed E-state index contributed by atoms with van der Waals surface area (Å²) in [6.07, 6.45) is 8.01. The summed E-state index contributed by atoms with van der Waals surface area (Å²) in [5, 5.41) is 7.44. The van der Waals surface area contributed by atoms with Crippen molar-refractivity contribution in [1.82, 2.24) is 10.6 Å². The molecule has 1 saturated heterocycles. The summed E-state index contributed by atoms with van der Waals surface area (Å²) in [5.41, 5.74) is 3.16. The fraction of sp³-hybridized carbons (Fsp3) is 0.667. The van der Waals surface area contributed by atoms with Gasteiger partial charge in [-0.15, -0.1) is 0 Å². The number of piperidine rings is 1. The highest BCUT2D eigenvalue weighted by molar-refractivity contribution is 5.30. The van der Waals surface area contributed by atoms with Crippen LogP contribution in [0.3, 0.4) is 0 Å². The van der Waals surface area contributed by atoms with Crippen LogP contribution in [0.25, 0.3) is 0 Å². The Morgan fingerprint density at radius 2 is 1.95 bits per heavy atom. The van der Waals surface area contributed by atoms with Gasteiger partial charge in [-0.3, -0.25) is 0 Å². The highest BCUT2D eigenvalue weighted by atomic mass is 15.0. The maximum atomic E-state index is 3.98. The predicted molar refractivity (Wildman–Crippen MR) is 84.9 cm³/mol. The Kier molecular flexibility index (Phi) is 4.42. The van der Waals surface area contributed by atoms with Crippen LogP contribution in [0.15, 0.2) is 24.3 Å². The molecule has 2 nitrogen and oxygen atoms in total. The topological polar surface area (TPSA) is 24.1 Å². The normalized spacial score (nSPS) is 23.1. The van der Waals surface area contributed by atoms with Crippen LogP contribution in [-0.2, 0) is 5.54 Å². The van der Waals surface area contributed by atoms with Crippen molar-refractivity contribution in [3.05, 3.63) is 35.4 Å². The van der Waals surface area contributed by atoms with Crippen LogP contribution in [0, 0.1) is 12.8 Å². The Hall–Kier alpha value is -0.860. The highest BCUT2D eigenvalue weighted by Crippen LogP contribution is 2.39. The first-order valence-corrected chi connectivity index (χ1v) is 8.31. The smallest absolute Gasteiger partial charge is 0.0434 e. The first-order valence-electron chi connectivity index (χ1n) is 8.31. The van der Waals surface area contributed by atoms with E-state index < -0.39 is 0 Å². The second-order valence-electron chi connectivity index (χ2n) is 6.73. The second kappa shape index (κ2) is 6.28. The molecule has 1 aromatic rings. The first-order chi connectivity index (χ1) is 9.78. The Morgan fingerprint density at radius 1 is 1.20 bits per heavy atom. The van der Waals surface area contributed by atoms with Crippen molar-refractivity contribution in [2.45, 2.75) is 51.0 Å². The minimum Gasteiger partial charge on any atom is -0.317 e. The van der Waals surface area contributed by atoms with E-state index in [1.807, 2.05) is 0 Å². The van der Waals surface area contributed by atoms with Crippen molar-refractivity contribution in [1.29, 1.82) is 0 Å². The predicted octanol–water partition coefficient (Wildman–Crippen LogP) is 3.35. The monoisotopic (exact) mass is 272 g/mol. The largest absolute Gasteiger partial charge is 0.317 e. The fourth-order valence-corrected chi connectivity index (χ4v) is 3.91. The van der Waals surface area contributed by atoms with E-state index in [1.54, 1.807) is 0 Å². The standard InChI is InChI=1S/C18H28N2/c1-15-5-4-6-17(13-15)18(9-2-3-10-18)20-14-16-7-11-19-12-8-16/h4-6,13,16,19-20H,2-3,7-12,14H2,1H3. The van der Waals surface area contributed by atoms with E-state index in [0.717, 1.165) is 5.92 Å². The lowest BCUT2D eigenvalue weighted by Gasteiger charge is -2.34. The zero-order valence-corrected chi connectivity index (χ0v) is 12.8. The van der Waals surface area contributed by atoms with Crippen LogP contribution in [0.4, 0.5) is 0 Å². The molecular formula is C18H28N2. The van der Waals surface area contributed by atoms with Crippen molar-refractivity contribution in [2.75, 3.05) is 19.6 Å². The van der Waals surface area contributed by atoms with E-state index in [4.69, 9.17) is 0 Å². The molecule has 2 aliphatic rings. The third-order valence-corrected chi connectivity index (χ3v) is 5.22. The summed E-state index contributed by atoms with van der Waals surface area (Å²) in [5.74, 6) is 0.860. The summed E-state index contributed by atoms with van der Waals surface area (Å²) in [7, 11) is 0. The molecular weight excluding hydrogens is 244 g/mol. The molecule has 0 atom stereocenters. The van der Waals surface area contributed by atoms with E-state index in [9.17, 15) is 0 Å². The number of benzene rings is 1. The maximum absolute atomic E-state index is 3.98. The Balaban J connectivity index is 1.71. The summed E-state index contributed by atoms with van der Waals surface area (Å²) in [6.45, 7) is 5.79. The fourth-order valence-electron chi connectivity index (χ4n) is 3.91. The zero-order chi connectivity index (χ0) is 13.8. The van der Waals surface area contributed by atoms with Gasteiger partial charge in [-0.1, -0.05) is 42.7 Å². The van der Waals surface area contributed by atoms with Crippen LogP contribution >= 0.6 is 0 Å². The van der Waals surface area contributed by atoms with Crippen molar-refractivity contribution in [3.63, 3.8) is 0 Å². The molecule has 2 fully saturated rings. The molecule has 0 unspecified atom stereocenters. The van der Waals surface area contributed by atoms with Gasteiger partial charge in [0.05, 0.1) is 0 Å². The molecule has 0 spiro atoms. The zero-order valence-electron chi connectivity index (χ0n) is 12.8. The molecule has 2 heteroatoms.